The van der Waals surface area contributed by atoms with Crippen LogP contribution in [0.1, 0.15) is 38.2 Å². The number of benzene rings is 1. The summed E-state index contributed by atoms with van der Waals surface area (Å²) in [5.74, 6) is -0.156. The van der Waals surface area contributed by atoms with E-state index in [4.69, 9.17) is 5.73 Å². The topological polar surface area (TPSA) is 48.0 Å². The molecule has 1 aromatic heterocycles. The van der Waals surface area contributed by atoms with Gasteiger partial charge in [-0.25, -0.2) is 0 Å². The van der Waals surface area contributed by atoms with Gasteiger partial charge < -0.3 is 10.3 Å². The zero-order valence-electron chi connectivity index (χ0n) is 12.5. The van der Waals surface area contributed by atoms with Crippen molar-refractivity contribution in [2.45, 2.75) is 39.2 Å². The molecule has 0 fully saturated rings. The van der Waals surface area contributed by atoms with Gasteiger partial charge in [0.05, 0.1) is 0 Å². The van der Waals surface area contributed by atoms with E-state index in [1.807, 2.05) is 0 Å². The Hall–Kier alpha value is -2.03. The fourth-order valence-electron chi connectivity index (χ4n) is 3.27. The van der Waals surface area contributed by atoms with Crippen LogP contribution in [0.15, 0.2) is 36.5 Å². The van der Waals surface area contributed by atoms with E-state index in [0.29, 0.717) is 0 Å². The van der Waals surface area contributed by atoms with Crippen LogP contribution < -0.4 is 5.73 Å². The summed E-state index contributed by atoms with van der Waals surface area (Å²) < 4.78 is 2.34. The van der Waals surface area contributed by atoms with Crippen molar-refractivity contribution in [2.75, 3.05) is 0 Å². The van der Waals surface area contributed by atoms with Crippen molar-refractivity contribution in [1.29, 1.82) is 0 Å². The number of hydrogen-bond donors (Lipinski definition) is 1. The number of hydrogen-bond acceptors (Lipinski definition) is 1. The van der Waals surface area contributed by atoms with Crippen LogP contribution in [0, 0.1) is 5.92 Å². The largest absolute Gasteiger partial charge is 0.369 e. The van der Waals surface area contributed by atoms with Gasteiger partial charge in [0, 0.05) is 35.1 Å². The number of aryl methyl sites for hydroxylation is 1. The van der Waals surface area contributed by atoms with E-state index in [-0.39, 0.29) is 11.8 Å². The maximum atomic E-state index is 11.3. The molecule has 1 aromatic carbocycles. The molecule has 1 heterocycles. The first-order valence-electron chi connectivity index (χ1n) is 7.77. The van der Waals surface area contributed by atoms with Crippen LogP contribution in [-0.4, -0.2) is 10.5 Å². The summed E-state index contributed by atoms with van der Waals surface area (Å²) in [4.78, 5) is 11.3. The van der Waals surface area contributed by atoms with Gasteiger partial charge in [-0.05, 0) is 37.3 Å². The lowest BCUT2D eigenvalue weighted by Gasteiger charge is -2.19. The van der Waals surface area contributed by atoms with Crippen molar-refractivity contribution in [1.82, 2.24) is 4.57 Å². The molecular weight excluding hydrogens is 260 g/mol. The molecule has 0 aliphatic heterocycles. The lowest BCUT2D eigenvalue weighted by molar-refractivity contribution is -0.121. The highest BCUT2D eigenvalue weighted by molar-refractivity contribution is 5.93. The van der Waals surface area contributed by atoms with Gasteiger partial charge in [0.15, 0.2) is 0 Å². The maximum absolute atomic E-state index is 11.3. The Morgan fingerprint density at radius 2 is 2.19 bits per heavy atom. The molecule has 0 saturated heterocycles. The number of fused-ring (bicyclic) bond motifs is 1. The first kappa shape index (κ1) is 13.9. The highest BCUT2D eigenvalue weighted by atomic mass is 16.1. The predicted octanol–water partition coefficient (Wildman–Crippen LogP) is 3.72. The minimum absolute atomic E-state index is 0.0118. The minimum Gasteiger partial charge on any atom is -0.369 e. The fraction of sp³-hybridized carbons (Fsp3) is 0.389. The standard InChI is InChI=1S/C18H22N2O/c1-2-11-20-12-16(15-5-3-4-6-17(15)20)13-7-9-14(10-8-13)18(19)21/h3-7,12,14H,2,8-11H2,1H3,(H2,19,21). The molecule has 1 unspecified atom stereocenters. The second-order valence-electron chi connectivity index (χ2n) is 5.86. The molecule has 1 aliphatic rings. The molecule has 3 rings (SSSR count). The van der Waals surface area contributed by atoms with Crippen LogP contribution in [0.2, 0.25) is 0 Å². The van der Waals surface area contributed by atoms with Crippen LogP contribution in [0.3, 0.4) is 0 Å². The van der Waals surface area contributed by atoms with E-state index >= 15 is 0 Å². The SMILES string of the molecule is CCCn1cc(C2=CCC(C(N)=O)CC2)c2ccccc21. The molecule has 110 valence electrons. The Labute approximate surface area is 125 Å². The quantitative estimate of drug-likeness (QED) is 0.912. The summed E-state index contributed by atoms with van der Waals surface area (Å²) in [5, 5.41) is 1.31. The molecule has 21 heavy (non-hydrogen) atoms. The number of para-hydroxylation sites is 1. The van der Waals surface area contributed by atoms with Crippen LogP contribution in [0.25, 0.3) is 16.5 Å². The second-order valence-corrected chi connectivity index (χ2v) is 5.86. The van der Waals surface area contributed by atoms with E-state index in [2.05, 4.69) is 48.0 Å². The van der Waals surface area contributed by atoms with Gasteiger partial charge >= 0.3 is 0 Å². The van der Waals surface area contributed by atoms with Crippen molar-refractivity contribution >= 4 is 22.4 Å². The van der Waals surface area contributed by atoms with Gasteiger partial charge in [-0.15, -0.1) is 0 Å². The molecule has 1 amide bonds. The third-order valence-electron chi connectivity index (χ3n) is 4.41. The third kappa shape index (κ3) is 2.60. The number of primary amides is 1. The molecule has 1 atom stereocenters. The van der Waals surface area contributed by atoms with Crippen LogP contribution in [0.5, 0.6) is 0 Å². The average molecular weight is 282 g/mol. The number of carbonyl (C=O) groups is 1. The van der Waals surface area contributed by atoms with Crippen LogP contribution in [-0.2, 0) is 11.3 Å². The second kappa shape index (κ2) is 5.76. The van der Waals surface area contributed by atoms with Crippen LogP contribution in [0.4, 0.5) is 0 Å². The van der Waals surface area contributed by atoms with Crippen molar-refractivity contribution < 1.29 is 4.79 Å². The zero-order valence-corrected chi connectivity index (χ0v) is 12.5. The summed E-state index contributed by atoms with van der Waals surface area (Å²) >= 11 is 0. The monoisotopic (exact) mass is 282 g/mol. The number of allylic oxidation sites excluding steroid dienone is 2. The lowest BCUT2D eigenvalue weighted by Crippen LogP contribution is -2.24. The zero-order chi connectivity index (χ0) is 14.8. The van der Waals surface area contributed by atoms with Gasteiger partial charge in [0.25, 0.3) is 0 Å². The summed E-state index contributed by atoms with van der Waals surface area (Å²) in [5.41, 5.74) is 9.39. The molecule has 0 saturated carbocycles. The molecule has 0 bridgehead atoms. The molecule has 3 nitrogen and oxygen atoms in total. The normalized spacial score (nSPS) is 18.7. The van der Waals surface area contributed by atoms with Gasteiger partial charge in [0.2, 0.25) is 5.91 Å². The smallest absolute Gasteiger partial charge is 0.220 e. The van der Waals surface area contributed by atoms with Crippen molar-refractivity contribution in [2.24, 2.45) is 11.7 Å². The summed E-state index contributed by atoms with van der Waals surface area (Å²) in [6.45, 7) is 3.24. The summed E-state index contributed by atoms with van der Waals surface area (Å²) in [6.07, 6.45) is 8.18. The molecular formula is C18H22N2O. The van der Waals surface area contributed by atoms with Gasteiger partial charge in [-0.1, -0.05) is 31.2 Å². The van der Waals surface area contributed by atoms with Crippen LogP contribution >= 0.6 is 0 Å². The highest BCUT2D eigenvalue weighted by Gasteiger charge is 2.21. The Kier molecular flexibility index (Phi) is 3.82. The minimum atomic E-state index is -0.168. The van der Waals surface area contributed by atoms with Crippen molar-refractivity contribution in [3.63, 3.8) is 0 Å². The number of carbonyl (C=O) groups excluding carboxylic acids is 1. The number of amides is 1. The van der Waals surface area contributed by atoms with Crippen molar-refractivity contribution in [3.8, 4) is 0 Å². The lowest BCUT2D eigenvalue weighted by atomic mass is 9.86. The fourth-order valence-corrected chi connectivity index (χ4v) is 3.27. The van der Waals surface area contributed by atoms with E-state index < -0.39 is 0 Å². The maximum Gasteiger partial charge on any atom is 0.220 e. The summed E-state index contributed by atoms with van der Waals surface area (Å²) in [7, 11) is 0. The van der Waals surface area contributed by atoms with E-state index in [0.717, 1.165) is 32.2 Å². The number of nitrogens with two attached hydrogens (primary N) is 1. The highest BCUT2D eigenvalue weighted by Crippen LogP contribution is 2.35. The van der Waals surface area contributed by atoms with Gasteiger partial charge in [-0.3, -0.25) is 4.79 Å². The number of aromatic nitrogens is 1. The van der Waals surface area contributed by atoms with E-state index in [1.165, 1.54) is 22.0 Å². The first-order valence-corrected chi connectivity index (χ1v) is 7.77. The van der Waals surface area contributed by atoms with Gasteiger partial charge in [0.1, 0.15) is 0 Å². The number of nitrogens with zero attached hydrogens (tertiary/aromatic N) is 1. The Morgan fingerprint density at radius 3 is 2.86 bits per heavy atom. The summed E-state index contributed by atoms with van der Waals surface area (Å²) in [6, 6.07) is 8.57. The third-order valence-corrected chi connectivity index (χ3v) is 4.41. The van der Waals surface area contributed by atoms with E-state index in [9.17, 15) is 4.79 Å². The molecule has 2 N–H and O–H groups in total. The Balaban J connectivity index is 1.99. The first-order chi connectivity index (χ1) is 10.2. The number of rotatable bonds is 4. The molecule has 0 radical (unpaired) electrons. The predicted molar refractivity (Wildman–Crippen MR) is 86.7 cm³/mol. The average Bonchev–Trinajstić information content (AvgIpc) is 2.87. The Morgan fingerprint density at radius 1 is 1.38 bits per heavy atom. The van der Waals surface area contributed by atoms with Crippen molar-refractivity contribution in [3.05, 3.63) is 42.1 Å². The molecule has 3 heteroatoms. The Bertz CT molecular complexity index is 696. The van der Waals surface area contributed by atoms with E-state index in [1.54, 1.807) is 0 Å². The molecule has 0 spiro atoms. The van der Waals surface area contributed by atoms with Gasteiger partial charge in [-0.2, -0.15) is 0 Å². The molecule has 1 aliphatic carbocycles. The molecule has 2 aromatic rings.